The van der Waals surface area contributed by atoms with E-state index in [2.05, 4.69) is 10.6 Å². The summed E-state index contributed by atoms with van der Waals surface area (Å²) in [5.74, 6) is 2.67. The number of imidazole rings is 1. The van der Waals surface area contributed by atoms with E-state index in [-0.39, 0.29) is 11.8 Å². The Morgan fingerprint density at radius 2 is 1.74 bits per heavy atom. The van der Waals surface area contributed by atoms with E-state index < -0.39 is 0 Å². The molecule has 0 radical (unpaired) electrons. The van der Waals surface area contributed by atoms with E-state index in [1.807, 2.05) is 71.6 Å². The second-order valence-electron chi connectivity index (χ2n) is 8.37. The SMILES string of the molecule is COc1ccc(N2C[C@@H](c3nc4ccccc4n3CCCOc3ccc(Cl)cc3)CC2=O)cc1. The van der Waals surface area contributed by atoms with Crippen molar-refractivity contribution < 1.29 is 14.3 Å². The summed E-state index contributed by atoms with van der Waals surface area (Å²) < 4.78 is 13.4. The summed E-state index contributed by atoms with van der Waals surface area (Å²) in [6.07, 6.45) is 1.26. The van der Waals surface area contributed by atoms with Gasteiger partial charge in [-0.25, -0.2) is 4.98 Å². The molecule has 4 aromatic rings. The lowest BCUT2D eigenvalue weighted by Gasteiger charge is -2.18. The van der Waals surface area contributed by atoms with Gasteiger partial charge >= 0.3 is 0 Å². The Bertz CT molecular complexity index is 1280. The van der Waals surface area contributed by atoms with Crippen molar-refractivity contribution in [2.24, 2.45) is 0 Å². The van der Waals surface area contributed by atoms with Crippen molar-refractivity contribution in [2.75, 3.05) is 25.2 Å². The van der Waals surface area contributed by atoms with Gasteiger partial charge in [0.15, 0.2) is 0 Å². The number of carbonyl (C=O) groups excluding carboxylic acids is 1. The average Bonchev–Trinajstić information content (AvgIpc) is 3.43. The zero-order chi connectivity index (χ0) is 23.5. The van der Waals surface area contributed by atoms with Crippen molar-refractivity contribution in [2.45, 2.75) is 25.3 Å². The van der Waals surface area contributed by atoms with Crippen LogP contribution in [0.2, 0.25) is 5.02 Å². The van der Waals surface area contributed by atoms with E-state index in [1.54, 1.807) is 7.11 Å². The number of aromatic nitrogens is 2. The molecule has 3 aromatic carbocycles. The molecule has 1 atom stereocenters. The van der Waals surface area contributed by atoms with E-state index in [4.69, 9.17) is 26.1 Å². The molecule has 0 unspecified atom stereocenters. The van der Waals surface area contributed by atoms with E-state index in [1.165, 1.54) is 0 Å². The highest BCUT2D eigenvalue weighted by atomic mass is 35.5. The van der Waals surface area contributed by atoms with Gasteiger partial charge in [0.05, 0.1) is 24.8 Å². The fourth-order valence-electron chi connectivity index (χ4n) is 4.48. The molecule has 1 aliphatic rings. The quantitative estimate of drug-likeness (QED) is 0.307. The molecule has 1 fully saturated rings. The number of aryl methyl sites for hydroxylation is 1. The van der Waals surface area contributed by atoms with Crippen molar-refractivity contribution in [3.8, 4) is 11.5 Å². The minimum absolute atomic E-state index is 0.0270. The highest BCUT2D eigenvalue weighted by molar-refractivity contribution is 6.30. The number of amides is 1. The van der Waals surface area contributed by atoms with Gasteiger partial charge in [-0.3, -0.25) is 4.79 Å². The van der Waals surface area contributed by atoms with Crippen molar-refractivity contribution >= 4 is 34.2 Å². The van der Waals surface area contributed by atoms with Gasteiger partial charge in [0.1, 0.15) is 17.3 Å². The first kappa shape index (κ1) is 22.3. The molecular formula is C27H26ClN3O3. The molecule has 6 nitrogen and oxygen atoms in total. The second kappa shape index (κ2) is 9.77. The first-order valence-corrected chi connectivity index (χ1v) is 11.8. The minimum Gasteiger partial charge on any atom is -0.497 e. The van der Waals surface area contributed by atoms with Crippen LogP contribution in [0.5, 0.6) is 11.5 Å². The first-order valence-electron chi connectivity index (χ1n) is 11.4. The summed E-state index contributed by atoms with van der Waals surface area (Å²) in [7, 11) is 1.64. The van der Waals surface area contributed by atoms with E-state index in [0.29, 0.717) is 24.6 Å². The molecule has 174 valence electrons. The molecule has 5 rings (SSSR count). The molecule has 0 bridgehead atoms. The number of hydrogen-bond acceptors (Lipinski definition) is 4. The van der Waals surface area contributed by atoms with Gasteiger partial charge in [-0.05, 0) is 67.1 Å². The smallest absolute Gasteiger partial charge is 0.227 e. The number of methoxy groups -OCH3 is 1. The molecule has 0 spiro atoms. The Labute approximate surface area is 203 Å². The molecule has 0 saturated carbocycles. The predicted octanol–water partition coefficient (Wildman–Crippen LogP) is 5.69. The molecule has 1 saturated heterocycles. The van der Waals surface area contributed by atoms with Gasteiger partial charge in [0.25, 0.3) is 0 Å². The number of carbonyl (C=O) groups is 1. The van der Waals surface area contributed by atoms with Crippen LogP contribution in [0.15, 0.2) is 72.8 Å². The van der Waals surface area contributed by atoms with Crippen LogP contribution < -0.4 is 14.4 Å². The Morgan fingerprint density at radius 1 is 1.00 bits per heavy atom. The summed E-state index contributed by atoms with van der Waals surface area (Å²) in [5, 5.41) is 0.691. The highest BCUT2D eigenvalue weighted by Crippen LogP contribution is 2.34. The van der Waals surface area contributed by atoms with Crippen LogP contribution in [0.3, 0.4) is 0 Å². The summed E-state index contributed by atoms with van der Waals surface area (Å²) in [4.78, 5) is 19.7. The van der Waals surface area contributed by atoms with Crippen molar-refractivity contribution in [1.29, 1.82) is 0 Å². The Balaban J connectivity index is 1.33. The molecule has 1 aromatic heterocycles. The molecule has 1 amide bonds. The van der Waals surface area contributed by atoms with Gasteiger partial charge in [0.2, 0.25) is 5.91 Å². The van der Waals surface area contributed by atoms with Gasteiger partial charge < -0.3 is 18.9 Å². The van der Waals surface area contributed by atoms with Gasteiger partial charge in [0, 0.05) is 36.1 Å². The zero-order valence-electron chi connectivity index (χ0n) is 19.0. The normalized spacial score (nSPS) is 15.8. The molecule has 0 aliphatic carbocycles. The standard InChI is InChI=1S/C27H26ClN3O3/c1-33-22-13-9-21(10-14-22)31-18-19(17-26(31)32)27-29-24-5-2-3-6-25(24)30(27)15-4-16-34-23-11-7-20(28)8-12-23/h2-3,5-14,19H,4,15-18H2,1H3/t19-/m0/s1. The summed E-state index contributed by atoms with van der Waals surface area (Å²) in [6.45, 7) is 1.95. The summed E-state index contributed by atoms with van der Waals surface area (Å²) >= 11 is 5.95. The Hall–Kier alpha value is -3.51. The van der Waals surface area contributed by atoms with Crippen molar-refractivity contribution in [3.05, 3.63) is 83.6 Å². The number of benzene rings is 3. The number of halogens is 1. The monoisotopic (exact) mass is 475 g/mol. The van der Waals surface area contributed by atoms with E-state index in [0.717, 1.165) is 47.0 Å². The van der Waals surface area contributed by atoms with Crippen molar-refractivity contribution in [1.82, 2.24) is 9.55 Å². The zero-order valence-corrected chi connectivity index (χ0v) is 19.7. The highest BCUT2D eigenvalue weighted by Gasteiger charge is 2.34. The number of fused-ring (bicyclic) bond motifs is 1. The number of para-hydroxylation sites is 2. The molecule has 34 heavy (non-hydrogen) atoms. The van der Waals surface area contributed by atoms with Gasteiger partial charge in [-0.1, -0.05) is 23.7 Å². The number of anilines is 1. The number of nitrogens with zero attached hydrogens (tertiary/aromatic N) is 3. The third-order valence-corrected chi connectivity index (χ3v) is 6.42. The fraction of sp³-hybridized carbons (Fsp3) is 0.259. The predicted molar refractivity (Wildman–Crippen MR) is 134 cm³/mol. The number of rotatable bonds is 8. The third-order valence-electron chi connectivity index (χ3n) is 6.17. The summed E-state index contributed by atoms with van der Waals surface area (Å²) in [5.41, 5.74) is 2.91. The topological polar surface area (TPSA) is 56.6 Å². The van der Waals surface area contributed by atoms with Crippen LogP contribution in [0.1, 0.15) is 24.6 Å². The lowest BCUT2D eigenvalue weighted by molar-refractivity contribution is -0.117. The van der Waals surface area contributed by atoms with Gasteiger partial charge in [-0.15, -0.1) is 0 Å². The largest absolute Gasteiger partial charge is 0.497 e. The number of hydrogen-bond donors (Lipinski definition) is 0. The third kappa shape index (κ3) is 4.59. The lowest BCUT2D eigenvalue weighted by Crippen LogP contribution is -2.24. The van der Waals surface area contributed by atoms with Crippen LogP contribution in [0.25, 0.3) is 11.0 Å². The minimum atomic E-state index is 0.0270. The van der Waals surface area contributed by atoms with Gasteiger partial charge in [-0.2, -0.15) is 0 Å². The van der Waals surface area contributed by atoms with Crippen LogP contribution in [0, 0.1) is 0 Å². The first-order chi connectivity index (χ1) is 16.6. The lowest BCUT2D eigenvalue weighted by atomic mass is 10.1. The summed E-state index contributed by atoms with van der Waals surface area (Å²) in [6, 6.07) is 23.1. The average molecular weight is 476 g/mol. The van der Waals surface area contributed by atoms with Crippen LogP contribution >= 0.6 is 11.6 Å². The van der Waals surface area contributed by atoms with E-state index >= 15 is 0 Å². The second-order valence-corrected chi connectivity index (χ2v) is 8.81. The molecule has 2 heterocycles. The Kier molecular flexibility index (Phi) is 6.41. The molecule has 1 aliphatic heterocycles. The fourth-order valence-corrected chi connectivity index (χ4v) is 4.60. The van der Waals surface area contributed by atoms with E-state index in [9.17, 15) is 4.79 Å². The number of ether oxygens (including phenoxy) is 2. The van der Waals surface area contributed by atoms with Crippen molar-refractivity contribution in [3.63, 3.8) is 0 Å². The maximum atomic E-state index is 12.9. The molecule has 7 heteroatoms. The maximum Gasteiger partial charge on any atom is 0.227 e. The molecule has 0 N–H and O–H groups in total. The Morgan fingerprint density at radius 3 is 2.50 bits per heavy atom. The van der Waals surface area contributed by atoms with Crippen LogP contribution in [-0.4, -0.2) is 35.7 Å². The molecular weight excluding hydrogens is 450 g/mol. The van der Waals surface area contributed by atoms with Crippen LogP contribution in [0.4, 0.5) is 5.69 Å². The maximum absolute atomic E-state index is 12.9. The van der Waals surface area contributed by atoms with Crippen LogP contribution in [-0.2, 0) is 11.3 Å².